The van der Waals surface area contributed by atoms with Crippen molar-refractivity contribution in [1.29, 1.82) is 0 Å². The van der Waals surface area contributed by atoms with Crippen LogP contribution in [0.4, 0.5) is 0 Å². The first-order valence-corrected chi connectivity index (χ1v) is 6.42. The lowest BCUT2D eigenvalue weighted by atomic mass is 10.0. The van der Waals surface area contributed by atoms with E-state index in [1.54, 1.807) is 7.11 Å². The second-order valence-electron chi connectivity index (χ2n) is 4.49. The summed E-state index contributed by atoms with van der Waals surface area (Å²) in [6.07, 6.45) is 0. The molecule has 0 fully saturated rings. The van der Waals surface area contributed by atoms with Crippen molar-refractivity contribution in [2.45, 2.75) is 0 Å². The van der Waals surface area contributed by atoms with Gasteiger partial charge in [-0.05, 0) is 16.8 Å². The molecule has 3 aromatic rings. The van der Waals surface area contributed by atoms with E-state index < -0.39 is 0 Å². The third-order valence-electron chi connectivity index (χ3n) is 3.26. The molecule has 19 heavy (non-hydrogen) atoms. The molecule has 0 aromatic heterocycles. The highest BCUT2D eigenvalue weighted by molar-refractivity contribution is 6.05. The summed E-state index contributed by atoms with van der Waals surface area (Å²) < 4.78 is 11.0. The van der Waals surface area contributed by atoms with Crippen molar-refractivity contribution in [2.75, 3.05) is 20.3 Å². The molecule has 0 spiro atoms. The Labute approximate surface area is 112 Å². The van der Waals surface area contributed by atoms with Crippen molar-refractivity contribution in [3.8, 4) is 5.75 Å². The van der Waals surface area contributed by atoms with Crippen LogP contribution in [0, 0.1) is 0 Å². The first kappa shape index (κ1) is 12.0. The Hall–Kier alpha value is -2.06. The van der Waals surface area contributed by atoms with Gasteiger partial charge in [-0.15, -0.1) is 0 Å². The predicted octanol–water partition coefficient (Wildman–Crippen LogP) is 4.02. The number of ether oxygens (including phenoxy) is 2. The summed E-state index contributed by atoms with van der Waals surface area (Å²) in [5.74, 6) is 0.950. The van der Waals surface area contributed by atoms with E-state index in [0.29, 0.717) is 13.2 Å². The van der Waals surface area contributed by atoms with E-state index >= 15 is 0 Å². The van der Waals surface area contributed by atoms with Crippen LogP contribution in [-0.4, -0.2) is 20.3 Å². The number of rotatable bonds is 4. The fraction of sp³-hybridized carbons (Fsp3) is 0.176. The Bertz CT molecular complexity index is 650. The molecule has 2 heteroatoms. The zero-order valence-electron chi connectivity index (χ0n) is 10.9. The van der Waals surface area contributed by atoms with Gasteiger partial charge < -0.3 is 9.47 Å². The molecule has 0 heterocycles. The molecule has 0 N–H and O–H groups in total. The summed E-state index contributed by atoms with van der Waals surface area (Å²) in [7, 11) is 1.69. The van der Waals surface area contributed by atoms with E-state index in [9.17, 15) is 0 Å². The van der Waals surface area contributed by atoms with Gasteiger partial charge in [0.05, 0.1) is 6.61 Å². The van der Waals surface area contributed by atoms with Gasteiger partial charge in [0, 0.05) is 17.9 Å². The van der Waals surface area contributed by atoms with E-state index in [0.717, 1.165) is 16.5 Å². The minimum atomic E-state index is 0.564. The Morgan fingerprint density at radius 3 is 1.95 bits per heavy atom. The summed E-state index contributed by atoms with van der Waals surface area (Å²) in [5.41, 5.74) is 0. The van der Waals surface area contributed by atoms with Gasteiger partial charge in [0.2, 0.25) is 0 Å². The Morgan fingerprint density at radius 1 is 0.789 bits per heavy atom. The molecular weight excluding hydrogens is 236 g/mol. The largest absolute Gasteiger partial charge is 0.490 e. The standard InChI is InChI=1S/C17H16O2/c1-18-10-11-19-17-15-8-4-2-6-13(15)12-14-7-3-5-9-16(14)17/h2-9,12H,10-11H2,1H3. The highest BCUT2D eigenvalue weighted by Gasteiger charge is 2.07. The minimum Gasteiger partial charge on any atom is -0.490 e. The van der Waals surface area contributed by atoms with Crippen molar-refractivity contribution in [3.05, 3.63) is 54.6 Å². The molecule has 0 unspecified atom stereocenters. The monoisotopic (exact) mass is 252 g/mol. The molecule has 0 atom stereocenters. The van der Waals surface area contributed by atoms with Gasteiger partial charge in [0.1, 0.15) is 12.4 Å². The average molecular weight is 252 g/mol. The molecular formula is C17H16O2. The van der Waals surface area contributed by atoms with Crippen LogP contribution in [0.25, 0.3) is 21.5 Å². The summed E-state index contributed by atoms with van der Waals surface area (Å²) in [6, 6.07) is 18.8. The summed E-state index contributed by atoms with van der Waals surface area (Å²) >= 11 is 0. The average Bonchev–Trinajstić information content (AvgIpc) is 2.46. The van der Waals surface area contributed by atoms with Crippen molar-refractivity contribution in [2.24, 2.45) is 0 Å². The van der Waals surface area contributed by atoms with Crippen LogP contribution in [0.5, 0.6) is 5.75 Å². The van der Waals surface area contributed by atoms with E-state index in [1.807, 2.05) is 12.1 Å². The quantitative estimate of drug-likeness (QED) is 0.516. The predicted molar refractivity (Wildman–Crippen MR) is 78.8 cm³/mol. The second kappa shape index (κ2) is 5.29. The first-order valence-electron chi connectivity index (χ1n) is 6.42. The molecule has 0 saturated heterocycles. The fourth-order valence-corrected chi connectivity index (χ4v) is 2.35. The molecule has 96 valence electrons. The SMILES string of the molecule is COCCOc1c2ccccc2cc2ccccc12. The third-order valence-corrected chi connectivity index (χ3v) is 3.26. The van der Waals surface area contributed by atoms with Crippen LogP contribution in [0.1, 0.15) is 0 Å². The molecule has 0 amide bonds. The summed E-state index contributed by atoms with van der Waals surface area (Å²) in [5, 5.41) is 4.71. The lowest BCUT2D eigenvalue weighted by Crippen LogP contribution is -2.05. The van der Waals surface area contributed by atoms with E-state index in [-0.39, 0.29) is 0 Å². The van der Waals surface area contributed by atoms with Crippen molar-refractivity contribution in [3.63, 3.8) is 0 Å². The minimum absolute atomic E-state index is 0.564. The van der Waals surface area contributed by atoms with Crippen molar-refractivity contribution in [1.82, 2.24) is 0 Å². The van der Waals surface area contributed by atoms with Crippen LogP contribution in [0.2, 0.25) is 0 Å². The summed E-state index contributed by atoms with van der Waals surface area (Å²) in [4.78, 5) is 0. The van der Waals surface area contributed by atoms with Gasteiger partial charge >= 0.3 is 0 Å². The zero-order chi connectivity index (χ0) is 13.1. The smallest absolute Gasteiger partial charge is 0.135 e. The maximum Gasteiger partial charge on any atom is 0.135 e. The highest BCUT2D eigenvalue weighted by atomic mass is 16.5. The topological polar surface area (TPSA) is 18.5 Å². The number of fused-ring (bicyclic) bond motifs is 2. The molecule has 3 rings (SSSR count). The van der Waals surface area contributed by atoms with Crippen LogP contribution < -0.4 is 4.74 Å². The van der Waals surface area contributed by atoms with Gasteiger partial charge in [0.15, 0.2) is 0 Å². The van der Waals surface area contributed by atoms with E-state index in [2.05, 4.69) is 42.5 Å². The molecule has 2 nitrogen and oxygen atoms in total. The zero-order valence-corrected chi connectivity index (χ0v) is 10.9. The van der Waals surface area contributed by atoms with E-state index in [1.165, 1.54) is 10.8 Å². The molecule has 3 aromatic carbocycles. The molecule has 0 aliphatic rings. The Balaban J connectivity index is 2.21. The second-order valence-corrected chi connectivity index (χ2v) is 4.49. The van der Waals surface area contributed by atoms with Crippen LogP contribution in [-0.2, 0) is 4.74 Å². The normalized spacial score (nSPS) is 11.0. The maximum absolute atomic E-state index is 5.95. The van der Waals surface area contributed by atoms with Crippen molar-refractivity contribution >= 4 is 21.5 Å². The first-order chi connectivity index (χ1) is 9.40. The summed E-state index contributed by atoms with van der Waals surface area (Å²) in [6.45, 7) is 1.16. The number of benzene rings is 3. The fourth-order valence-electron chi connectivity index (χ4n) is 2.35. The van der Waals surface area contributed by atoms with Gasteiger partial charge in [0.25, 0.3) is 0 Å². The van der Waals surface area contributed by atoms with Gasteiger partial charge in [-0.1, -0.05) is 48.5 Å². The molecule has 0 bridgehead atoms. The van der Waals surface area contributed by atoms with Gasteiger partial charge in [-0.2, -0.15) is 0 Å². The maximum atomic E-state index is 5.95. The molecule has 0 radical (unpaired) electrons. The lowest BCUT2D eigenvalue weighted by molar-refractivity contribution is 0.148. The molecule has 0 saturated carbocycles. The van der Waals surface area contributed by atoms with Gasteiger partial charge in [-0.25, -0.2) is 0 Å². The van der Waals surface area contributed by atoms with Crippen LogP contribution in [0.3, 0.4) is 0 Å². The van der Waals surface area contributed by atoms with Crippen LogP contribution >= 0.6 is 0 Å². The lowest BCUT2D eigenvalue weighted by Gasteiger charge is -2.12. The molecule has 0 aliphatic heterocycles. The van der Waals surface area contributed by atoms with Crippen LogP contribution in [0.15, 0.2) is 54.6 Å². The number of methoxy groups -OCH3 is 1. The highest BCUT2D eigenvalue weighted by Crippen LogP contribution is 2.34. The Kier molecular flexibility index (Phi) is 3.34. The van der Waals surface area contributed by atoms with E-state index in [4.69, 9.17) is 9.47 Å². The number of hydrogen-bond acceptors (Lipinski definition) is 2. The third kappa shape index (κ3) is 2.27. The van der Waals surface area contributed by atoms with Gasteiger partial charge in [-0.3, -0.25) is 0 Å². The molecule has 0 aliphatic carbocycles. The van der Waals surface area contributed by atoms with Crippen molar-refractivity contribution < 1.29 is 9.47 Å². The Morgan fingerprint density at radius 2 is 1.37 bits per heavy atom. The number of hydrogen-bond donors (Lipinski definition) is 0.